The second-order valence-electron chi connectivity index (χ2n) is 6.15. The lowest BCUT2D eigenvalue weighted by atomic mass is 9.87. The first-order chi connectivity index (χ1) is 11.2. The zero-order chi connectivity index (χ0) is 16.0. The quantitative estimate of drug-likeness (QED) is 0.631. The Morgan fingerprint density at radius 2 is 1.78 bits per heavy atom. The van der Waals surface area contributed by atoms with Crippen LogP contribution in [0.4, 0.5) is 11.8 Å². The van der Waals surface area contributed by atoms with Crippen LogP contribution in [-0.2, 0) is 0 Å². The molecule has 3 aliphatic heterocycles. The maximum Gasteiger partial charge on any atom is 0.225 e. The molecule has 2 atom stereocenters. The van der Waals surface area contributed by atoms with Crippen molar-refractivity contribution in [3.63, 3.8) is 0 Å². The number of aryl methyl sites for hydroxylation is 1. The highest BCUT2D eigenvalue weighted by Gasteiger charge is 2.46. The second kappa shape index (κ2) is 5.63. The third-order valence-corrected chi connectivity index (χ3v) is 5.35. The number of nitrogens with zero attached hydrogens (tertiary/aromatic N) is 6. The van der Waals surface area contributed by atoms with Crippen LogP contribution in [0.3, 0.4) is 0 Å². The third kappa shape index (κ3) is 2.43. The Labute approximate surface area is 140 Å². The number of piperazine rings is 1. The van der Waals surface area contributed by atoms with Crippen molar-refractivity contribution < 1.29 is 0 Å². The third-order valence-electron chi connectivity index (χ3n) is 4.80. The highest BCUT2D eigenvalue weighted by atomic mass is 32.2. The van der Waals surface area contributed by atoms with E-state index in [0.29, 0.717) is 12.1 Å². The Bertz CT molecular complexity index is 710. The van der Waals surface area contributed by atoms with Crippen molar-refractivity contribution in [3.05, 3.63) is 29.7 Å². The molecule has 5 heterocycles. The van der Waals surface area contributed by atoms with E-state index in [1.807, 2.05) is 24.7 Å². The smallest absolute Gasteiger partial charge is 0.225 e. The Hall–Kier alpha value is -1.89. The van der Waals surface area contributed by atoms with E-state index in [-0.39, 0.29) is 0 Å². The van der Waals surface area contributed by atoms with E-state index in [2.05, 4.69) is 38.6 Å². The predicted octanol–water partition coefficient (Wildman–Crippen LogP) is 2.07. The monoisotopic (exact) mass is 328 g/mol. The van der Waals surface area contributed by atoms with Crippen LogP contribution in [0, 0.1) is 13.8 Å². The average Bonchev–Trinajstić information content (AvgIpc) is 2.58. The molecule has 6 nitrogen and oxygen atoms in total. The Balaban J connectivity index is 1.58. The minimum Gasteiger partial charge on any atom is -0.352 e. The van der Waals surface area contributed by atoms with E-state index >= 15 is 0 Å². The minimum atomic E-state index is 0.476. The van der Waals surface area contributed by atoms with Crippen LogP contribution in [0.15, 0.2) is 23.6 Å². The number of hydrogen-bond donors (Lipinski definition) is 0. The van der Waals surface area contributed by atoms with Gasteiger partial charge in [-0.2, -0.15) is 0 Å². The van der Waals surface area contributed by atoms with Gasteiger partial charge in [0.15, 0.2) is 5.16 Å². The van der Waals surface area contributed by atoms with Crippen LogP contribution < -0.4 is 9.80 Å². The van der Waals surface area contributed by atoms with Gasteiger partial charge in [0.25, 0.3) is 0 Å². The Kier molecular flexibility index (Phi) is 3.60. The highest BCUT2D eigenvalue weighted by molar-refractivity contribution is 7.98. The molecule has 0 radical (unpaired) electrons. The van der Waals surface area contributed by atoms with E-state index in [4.69, 9.17) is 4.98 Å². The SMILES string of the molecule is CSc1nc(C)c(C)c(N2CC3CC(C2)N3c2ncccn2)n1. The normalized spacial score (nSPS) is 22.9. The molecule has 2 unspecified atom stereocenters. The fourth-order valence-corrected chi connectivity index (χ4v) is 3.93. The summed E-state index contributed by atoms with van der Waals surface area (Å²) >= 11 is 1.60. The molecular formula is C16H20N6S. The fraction of sp³-hybridized carbons (Fsp3) is 0.500. The first kappa shape index (κ1) is 14.7. The van der Waals surface area contributed by atoms with Crippen molar-refractivity contribution in [2.45, 2.75) is 37.5 Å². The number of thioether (sulfide) groups is 1. The van der Waals surface area contributed by atoms with E-state index < -0.39 is 0 Å². The van der Waals surface area contributed by atoms with E-state index in [9.17, 15) is 0 Å². The van der Waals surface area contributed by atoms with E-state index in [0.717, 1.165) is 35.7 Å². The van der Waals surface area contributed by atoms with Crippen molar-refractivity contribution in [1.82, 2.24) is 19.9 Å². The number of piperidine rings is 1. The van der Waals surface area contributed by atoms with Crippen LogP contribution >= 0.6 is 11.8 Å². The van der Waals surface area contributed by atoms with Gasteiger partial charge in [0.05, 0.1) is 12.1 Å². The molecule has 0 aromatic carbocycles. The molecule has 23 heavy (non-hydrogen) atoms. The summed E-state index contributed by atoms with van der Waals surface area (Å²) in [4.78, 5) is 22.9. The second-order valence-corrected chi connectivity index (χ2v) is 6.92. The van der Waals surface area contributed by atoms with Crippen molar-refractivity contribution >= 4 is 23.5 Å². The standard InChI is InChI=1S/C16H20N6S/c1-10-11(2)19-16(23-3)20-14(10)21-8-12-7-13(9-21)22(12)15-17-5-4-6-18-15/h4-6,12-13H,7-9H2,1-3H3. The molecule has 0 N–H and O–H groups in total. The summed E-state index contributed by atoms with van der Waals surface area (Å²) in [6.45, 7) is 6.13. The minimum absolute atomic E-state index is 0.476. The van der Waals surface area contributed by atoms with Crippen LogP contribution in [0.1, 0.15) is 17.7 Å². The van der Waals surface area contributed by atoms with Crippen molar-refractivity contribution in [1.29, 1.82) is 0 Å². The summed E-state index contributed by atoms with van der Waals surface area (Å²) in [5, 5.41) is 0.852. The first-order valence-electron chi connectivity index (χ1n) is 7.87. The summed E-state index contributed by atoms with van der Waals surface area (Å²) in [7, 11) is 0. The first-order valence-corrected chi connectivity index (χ1v) is 9.09. The largest absolute Gasteiger partial charge is 0.352 e. The van der Waals surface area contributed by atoms with Crippen molar-refractivity contribution in [3.8, 4) is 0 Å². The Morgan fingerprint density at radius 1 is 1.09 bits per heavy atom. The number of anilines is 2. The number of hydrogen-bond acceptors (Lipinski definition) is 7. The molecule has 2 bridgehead atoms. The van der Waals surface area contributed by atoms with Gasteiger partial charge in [-0.05, 0) is 32.6 Å². The summed E-state index contributed by atoms with van der Waals surface area (Å²) in [5.74, 6) is 1.94. The molecule has 0 aliphatic carbocycles. The van der Waals surface area contributed by atoms with Gasteiger partial charge in [-0.3, -0.25) is 0 Å². The van der Waals surface area contributed by atoms with Crippen LogP contribution in [-0.4, -0.2) is 51.4 Å². The zero-order valence-corrected chi connectivity index (χ0v) is 14.4. The van der Waals surface area contributed by atoms with Gasteiger partial charge < -0.3 is 9.80 Å². The average molecular weight is 328 g/mol. The zero-order valence-electron chi connectivity index (χ0n) is 13.6. The molecule has 2 aromatic rings. The summed E-state index contributed by atoms with van der Waals surface area (Å²) < 4.78 is 0. The van der Waals surface area contributed by atoms with Gasteiger partial charge in [-0.1, -0.05) is 11.8 Å². The molecule has 0 amide bonds. The summed E-state index contributed by atoms with van der Waals surface area (Å²) in [6, 6.07) is 2.81. The van der Waals surface area contributed by atoms with E-state index in [1.165, 1.54) is 12.0 Å². The fourth-order valence-electron chi connectivity index (χ4n) is 3.52. The topological polar surface area (TPSA) is 58.0 Å². The molecule has 3 saturated heterocycles. The van der Waals surface area contributed by atoms with Gasteiger partial charge in [0.2, 0.25) is 5.95 Å². The molecule has 3 fully saturated rings. The summed E-state index contributed by atoms with van der Waals surface area (Å²) in [5.41, 5.74) is 2.26. The number of rotatable bonds is 3. The van der Waals surface area contributed by atoms with Crippen LogP contribution in [0.25, 0.3) is 0 Å². The van der Waals surface area contributed by atoms with E-state index in [1.54, 1.807) is 11.8 Å². The lowest BCUT2D eigenvalue weighted by molar-refractivity contribution is 0.284. The van der Waals surface area contributed by atoms with Gasteiger partial charge in [0, 0.05) is 36.7 Å². The molecule has 0 saturated carbocycles. The lowest BCUT2D eigenvalue weighted by Gasteiger charge is -2.56. The predicted molar refractivity (Wildman–Crippen MR) is 92.2 cm³/mol. The molecule has 0 spiro atoms. The van der Waals surface area contributed by atoms with Gasteiger partial charge in [-0.15, -0.1) is 0 Å². The number of fused-ring (bicyclic) bond motifs is 2. The highest BCUT2D eigenvalue weighted by Crippen LogP contribution is 2.37. The van der Waals surface area contributed by atoms with Crippen LogP contribution in [0.2, 0.25) is 0 Å². The van der Waals surface area contributed by atoms with Gasteiger partial charge in [-0.25, -0.2) is 19.9 Å². The summed E-state index contributed by atoms with van der Waals surface area (Å²) in [6.07, 6.45) is 6.87. The Morgan fingerprint density at radius 3 is 2.43 bits per heavy atom. The molecule has 5 rings (SSSR count). The molecule has 2 aromatic heterocycles. The van der Waals surface area contributed by atoms with Crippen molar-refractivity contribution in [2.75, 3.05) is 29.1 Å². The molecule has 7 heteroatoms. The maximum absolute atomic E-state index is 4.76. The molecular weight excluding hydrogens is 308 g/mol. The molecule has 120 valence electrons. The number of aromatic nitrogens is 4. The van der Waals surface area contributed by atoms with Gasteiger partial charge >= 0.3 is 0 Å². The van der Waals surface area contributed by atoms with Crippen LogP contribution in [0.5, 0.6) is 0 Å². The lowest BCUT2D eigenvalue weighted by Crippen LogP contribution is -2.69. The molecule has 3 aliphatic rings. The maximum atomic E-state index is 4.76. The van der Waals surface area contributed by atoms with Gasteiger partial charge in [0.1, 0.15) is 5.82 Å². The van der Waals surface area contributed by atoms with Crippen molar-refractivity contribution in [2.24, 2.45) is 0 Å².